The summed E-state index contributed by atoms with van der Waals surface area (Å²) in [5, 5.41) is 8.56. The lowest BCUT2D eigenvalue weighted by atomic mass is 10.1. The SMILES string of the molecule is NCCc1cccc(CC(=O)O)c1. The molecule has 70 valence electrons. The van der Waals surface area contributed by atoms with Gasteiger partial charge in [-0.3, -0.25) is 4.79 Å². The van der Waals surface area contributed by atoms with Crippen LogP contribution in [0.15, 0.2) is 24.3 Å². The average molecular weight is 179 g/mol. The molecule has 0 saturated heterocycles. The Morgan fingerprint density at radius 1 is 1.38 bits per heavy atom. The molecule has 1 rings (SSSR count). The van der Waals surface area contributed by atoms with E-state index in [-0.39, 0.29) is 6.42 Å². The third kappa shape index (κ3) is 3.25. The molecule has 0 unspecified atom stereocenters. The molecule has 0 spiro atoms. The zero-order valence-electron chi connectivity index (χ0n) is 7.36. The van der Waals surface area contributed by atoms with Crippen LogP contribution in [0.3, 0.4) is 0 Å². The van der Waals surface area contributed by atoms with Crippen molar-refractivity contribution < 1.29 is 9.90 Å². The quantitative estimate of drug-likeness (QED) is 0.719. The van der Waals surface area contributed by atoms with Gasteiger partial charge in [-0.1, -0.05) is 24.3 Å². The van der Waals surface area contributed by atoms with Crippen LogP contribution in [-0.4, -0.2) is 17.6 Å². The van der Waals surface area contributed by atoms with E-state index in [1.54, 1.807) is 0 Å². The van der Waals surface area contributed by atoms with Crippen LogP contribution in [0.4, 0.5) is 0 Å². The fourth-order valence-electron chi connectivity index (χ4n) is 1.24. The van der Waals surface area contributed by atoms with E-state index in [2.05, 4.69) is 0 Å². The van der Waals surface area contributed by atoms with Crippen LogP contribution in [0.25, 0.3) is 0 Å². The van der Waals surface area contributed by atoms with E-state index in [0.717, 1.165) is 17.5 Å². The van der Waals surface area contributed by atoms with Crippen molar-refractivity contribution in [2.24, 2.45) is 5.73 Å². The highest BCUT2D eigenvalue weighted by Gasteiger charge is 2.00. The van der Waals surface area contributed by atoms with E-state index in [9.17, 15) is 4.79 Å². The molecule has 0 aliphatic carbocycles. The molecule has 1 aromatic carbocycles. The topological polar surface area (TPSA) is 63.3 Å². The molecular formula is C10H13NO2. The number of aliphatic carboxylic acids is 1. The standard InChI is InChI=1S/C10H13NO2/c11-5-4-8-2-1-3-9(6-8)7-10(12)13/h1-3,6H,4-5,7,11H2,(H,12,13). The highest BCUT2D eigenvalue weighted by molar-refractivity contribution is 5.70. The molecule has 0 aromatic heterocycles. The second kappa shape index (κ2) is 4.62. The van der Waals surface area contributed by atoms with Crippen LogP contribution >= 0.6 is 0 Å². The van der Waals surface area contributed by atoms with Gasteiger partial charge in [-0.25, -0.2) is 0 Å². The first-order valence-corrected chi connectivity index (χ1v) is 4.22. The van der Waals surface area contributed by atoms with Crippen LogP contribution < -0.4 is 5.73 Å². The Morgan fingerprint density at radius 3 is 2.69 bits per heavy atom. The van der Waals surface area contributed by atoms with E-state index < -0.39 is 5.97 Å². The van der Waals surface area contributed by atoms with Gasteiger partial charge in [0, 0.05) is 0 Å². The normalized spacial score (nSPS) is 9.92. The Balaban J connectivity index is 2.73. The third-order valence-corrected chi connectivity index (χ3v) is 1.78. The van der Waals surface area contributed by atoms with Gasteiger partial charge >= 0.3 is 5.97 Å². The Morgan fingerprint density at radius 2 is 2.08 bits per heavy atom. The average Bonchev–Trinajstić information content (AvgIpc) is 2.04. The minimum absolute atomic E-state index is 0.0818. The van der Waals surface area contributed by atoms with E-state index in [1.807, 2.05) is 24.3 Å². The van der Waals surface area contributed by atoms with E-state index in [4.69, 9.17) is 10.8 Å². The first-order chi connectivity index (χ1) is 6.22. The minimum atomic E-state index is -0.801. The molecule has 1 aromatic rings. The summed E-state index contributed by atoms with van der Waals surface area (Å²) >= 11 is 0. The number of hydrogen-bond donors (Lipinski definition) is 2. The van der Waals surface area contributed by atoms with E-state index in [0.29, 0.717) is 6.54 Å². The summed E-state index contributed by atoms with van der Waals surface area (Å²) in [4.78, 5) is 10.4. The molecule has 0 heterocycles. The summed E-state index contributed by atoms with van der Waals surface area (Å²) in [6.07, 6.45) is 0.881. The first-order valence-electron chi connectivity index (χ1n) is 4.22. The van der Waals surface area contributed by atoms with Crippen LogP contribution in [0, 0.1) is 0 Å². The molecule has 0 aliphatic heterocycles. The molecule has 0 aliphatic rings. The van der Waals surface area contributed by atoms with Crippen LogP contribution in [0.2, 0.25) is 0 Å². The van der Waals surface area contributed by atoms with Crippen molar-refractivity contribution >= 4 is 5.97 Å². The van der Waals surface area contributed by atoms with Gasteiger partial charge in [0.15, 0.2) is 0 Å². The maximum absolute atomic E-state index is 10.4. The molecule has 3 nitrogen and oxygen atoms in total. The monoisotopic (exact) mass is 179 g/mol. The van der Waals surface area contributed by atoms with Gasteiger partial charge in [-0.15, -0.1) is 0 Å². The first kappa shape index (κ1) is 9.74. The van der Waals surface area contributed by atoms with Crippen molar-refractivity contribution in [3.8, 4) is 0 Å². The lowest BCUT2D eigenvalue weighted by Crippen LogP contribution is -2.04. The molecular weight excluding hydrogens is 166 g/mol. The summed E-state index contributed by atoms with van der Waals surface area (Å²) in [7, 11) is 0. The molecule has 3 N–H and O–H groups in total. The van der Waals surface area contributed by atoms with Gasteiger partial charge in [0.2, 0.25) is 0 Å². The molecule has 0 amide bonds. The maximum Gasteiger partial charge on any atom is 0.307 e. The highest BCUT2D eigenvalue weighted by atomic mass is 16.4. The van der Waals surface area contributed by atoms with Gasteiger partial charge in [-0.05, 0) is 24.1 Å². The van der Waals surface area contributed by atoms with Gasteiger partial charge < -0.3 is 10.8 Å². The Hall–Kier alpha value is -1.35. The van der Waals surface area contributed by atoms with E-state index in [1.165, 1.54) is 0 Å². The zero-order valence-corrected chi connectivity index (χ0v) is 7.36. The molecule has 0 saturated carbocycles. The largest absolute Gasteiger partial charge is 0.481 e. The summed E-state index contributed by atoms with van der Waals surface area (Å²) in [5.41, 5.74) is 7.33. The van der Waals surface area contributed by atoms with Crippen LogP contribution in [0.5, 0.6) is 0 Å². The van der Waals surface area contributed by atoms with Crippen molar-refractivity contribution in [3.63, 3.8) is 0 Å². The fourth-order valence-corrected chi connectivity index (χ4v) is 1.24. The number of benzene rings is 1. The van der Waals surface area contributed by atoms with Crippen molar-refractivity contribution in [1.29, 1.82) is 0 Å². The molecule has 0 atom stereocenters. The lowest BCUT2D eigenvalue weighted by Gasteiger charge is -2.01. The van der Waals surface area contributed by atoms with Crippen LogP contribution in [0.1, 0.15) is 11.1 Å². The molecule has 0 bridgehead atoms. The van der Waals surface area contributed by atoms with Crippen molar-refractivity contribution in [1.82, 2.24) is 0 Å². The Labute approximate surface area is 77.2 Å². The minimum Gasteiger partial charge on any atom is -0.481 e. The number of carboxylic acids is 1. The highest BCUT2D eigenvalue weighted by Crippen LogP contribution is 2.06. The van der Waals surface area contributed by atoms with Gasteiger partial charge in [-0.2, -0.15) is 0 Å². The third-order valence-electron chi connectivity index (χ3n) is 1.78. The zero-order chi connectivity index (χ0) is 9.68. The number of carboxylic acid groups (broad SMARTS) is 1. The number of carbonyl (C=O) groups is 1. The fraction of sp³-hybridized carbons (Fsp3) is 0.300. The smallest absolute Gasteiger partial charge is 0.307 e. The summed E-state index contributed by atoms with van der Waals surface area (Å²) in [5.74, 6) is -0.801. The molecule has 0 radical (unpaired) electrons. The van der Waals surface area contributed by atoms with Gasteiger partial charge in [0.1, 0.15) is 0 Å². The summed E-state index contributed by atoms with van der Waals surface area (Å²) in [6, 6.07) is 7.52. The number of rotatable bonds is 4. The van der Waals surface area contributed by atoms with Crippen molar-refractivity contribution in [3.05, 3.63) is 35.4 Å². The Kier molecular flexibility index (Phi) is 3.46. The predicted octanol–water partition coefficient (Wildman–Crippen LogP) is 0.815. The molecule has 13 heavy (non-hydrogen) atoms. The second-order valence-electron chi connectivity index (χ2n) is 2.93. The van der Waals surface area contributed by atoms with Gasteiger partial charge in [0.05, 0.1) is 6.42 Å². The summed E-state index contributed by atoms with van der Waals surface area (Å²) in [6.45, 7) is 0.594. The molecule has 0 fully saturated rings. The number of nitrogens with two attached hydrogens (primary N) is 1. The van der Waals surface area contributed by atoms with Crippen molar-refractivity contribution in [2.45, 2.75) is 12.8 Å². The van der Waals surface area contributed by atoms with Crippen LogP contribution in [-0.2, 0) is 17.6 Å². The molecule has 3 heteroatoms. The predicted molar refractivity (Wildman–Crippen MR) is 50.5 cm³/mol. The maximum atomic E-state index is 10.4. The van der Waals surface area contributed by atoms with Crippen molar-refractivity contribution in [2.75, 3.05) is 6.54 Å². The van der Waals surface area contributed by atoms with E-state index >= 15 is 0 Å². The summed E-state index contributed by atoms with van der Waals surface area (Å²) < 4.78 is 0. The van der Waals surface area contributed by atoms with Gasteiger partial charge in [0.25, 0.3) is 0 Å². The second-order valence-corrected chi connectivity index (χ2v) is 2.93. The Bertz CT molecular complexity index is 297. The lowest BCUT2D eigenvalue weighted by molar-refractivity contribution is -0.136. The number of hydrogen-bond acceptors (Lipinski definition) is 2.